The topological polar surface area (TPSA) is 123 Å². The van der Waals surface area contributed by atoms with Crippen molar-refractivity contribution in [2.24, 2.45) is 16.7 Å². The maximum Gasteiger partial charge on any atom is 0.217 e. The van der Waals surface area contributed by atoms with E-state index in [9.17, 15) is 15.8 Å². The molecule has 7 nitrogen and oxygen atoms in total. The van der Waals surface area contributed by atoms with E-state index >= 15 is 0 Å². The highest BCUT2D eigenvalue weighted by Gasteiger charge is 2.79. The lowest BCUT2D eigenvalue weighted by Crippen LogP contribution is -2.59. The summed E-state index contributed by atoms with van der Waals surface area (Å²) < 4.78 is 17.9. The van der Waals surface area contributed by atoms with Gasteiger partial charge in [-0.25, -0.2) is 0 Å². The third-order valence-corrected chi connectivity index (χ3v) is 6.21. The predicted octanol–water partition coefficient (Wildman–Crippen LogP) is 4.62. The number of nitrogens with zero attached hydrogens (tertiary/aromatic N) is 3. The summed E-state index contributed by atoms with van der Waals surface area (Å²) in [4.78, 5) is 0. The van der Waals surface area contributed by atoms with Crippen LogP contribution >= 0.6 is 0 Å². The van der Waals surface area contributed by atoms with E-state index in [0.717, 1.165) is 6.42 Å². The van der Waals surface area contributed by atoms with Crippen LogP contribution in [-0.4, -0.2) is 18.3 Å². The summed E-state index contributed by atoms with van der Waals surface area (Å²) in [6.45, 7) is 6.43. The summed E-state index contributed by atoms with van der Waals surface area (Å²) in [7, 11) is 0. The number of ether oxygens (including phenoxy) is 3. The van der Waals surface area contributed by atoms with Crippen LogP contribution in [0.15, 0.2) is 24.3 Å². The summed E-state index contributed by atoms with van der Waals surface area (Å²) in [5, 5.41) is 39.3. The summed E-state index contributed by atoms with van der Waals surface area (Å²) in [5.74, 6) is -1.48. The highest BCUT2D eigenvalue weighted by atomic mass is 16.7. The van der Waals surface area contributed by atoms with Gasteiger partial charge in [0.05, 0.1) is 30.7 Å². The van der Waals surface area contributed by atoms with E-state index in [1.54, 1.807) is 24.3 Å². The van der Waals surface area contributed by atoms with Crippen molar-refractivity contribution >= 4 is 5.90 Å². The van der Waals surface area contributed by atoms with E-state index in [1.807, 2.05) is 20.8 Å². The zero-order chi connectivity index (χ0) is 22.0. The molecule has 1 aromatic carbocycles. The molecular weight excluding hydrogens is 380 g/mol. The van der Waals surface area contributed by atoms with Crippen molar-refractivity contribution in [3.8, 4) is 24.0 Å². The molecule has 0 amide bonds. The molecular formula is C23H26N4O3. The second kappa shape index (κ2) is 7.98. The van der Waals surface area contributed by atoms with Crippen molar-refractivity contribution in [2.75, 3.05) is 6.61 Å². The quantitative estimate of drug-likeness (QED) is 0.705. The number of nitrogens with one attached hydrogen (secondary N) is 1. The normalized spacial score (nSPS) is 31.1. The van der Waals surface area contributed by atoms with Gasteiger partial charge in [0.15, 0.2) is 5.41 Å². The maximum absolute atomic E-state index is 10.3. The predicted molar refractivity (Wildman–Crippen MR) is 108 cm³/mol. The number of hydrogen-bond donors (Lipinski definition) is 1. The van der Waals surface area contributed by atoms with E-state index in [-0.39, 0.29) is 5.90 Å². The zero-order valence-electron chi connectivity index (χ0n) is 17.6. The second-order valence-corrected chi connectivity index (χ2v) is 7.82. The number of rotatable bonds is 7. The zero-order valence-corrected chi connectivity index (χ0v) is 17.6. The number of nitriles is 3. The summed E-state index contributed by atoms with van der Waals surface area (Å²) in [5.41, 5.74) is -3.05. The van der Waals surface area contributed by atoms with E-state index in [4.69, 9.17) is 19.6 Å². The van der Waals surface area contributed by atoms with Crippen LogP contribution in [0.2, 0.25) is 0 Å². The minimum atomic E-state index is -1.92. The maximum atomic E-state index is 10.3. The Balaban J connectivity index is 2.19. The van der Waals surface area contributed by atoms with Gasteiger partial charge in [-0.2, -0.15) is 15.8 Å². The van der Waals surface area contributed by atoms with Gasteiger partial charge < -0.3 is 14.2 Å². The minimum Gasteiger partial charge on any atom is -0.494 e. The van der Waals surface area contributed by atoms with Gasteiger partial charge in [-0.3, -0.25) is 5.41 Å². The van der Waals surface area contributed by atoms with E-state index < -0.39 is 28.6 Å². The number of hydrogen-bond acceptors (Lipinski definition) is 7. The lowest BCUT2D eigenvalue weighted by atomic mass is 9.52. The van der Waals surface area contributed by atoms with Crippen LogP contribution in [-0.2, 0) is 9.47 Å². The molecule has 30 heavy (non-hydrogen) atoms. The Morgan fingerprint density at radius 1 is 1.03 bits per heavy atom. The second-order valence-electron chi connectivity index (χ2n) is 7.82. The Bertz CT molecular complexity index is 925. The molecule has 2 saturated heterocycles. The first-order chi connectivity index (χ1) is 14.4. The summed E-state index contributed by atoms with van der Waals surface area (Å²) >= 11 is 0. The lowest BCUT2D eigenvalue weighted by Gasteiger charge is -2.49. The molecule has 7 heteroatoms. The first-order valence-corrected chi connectivity index (χ1v) is 10.4. The van der Waals surface area contributed by atoms with Crippen LogP contribution in [0.4, 0.5) is 0 Å². The van der Waals surface area contributed by atoms with Crippen LogP contribution in [0.5, 0.6) is 5.75 Å². The lowest BCUT2D eigenvalue weighted by molar-refractivity contribution is -0.286. The average molecular weight is 406 g/mol. The van der Waals surface area contributed by atoms with Gasteiger partial charge >= 0.3 is 0 Å². The van der Waals surface area contributed by atoms with Crippen molar-refractivity contribution in [1.29, 1.82) is 21.2 Å². The smallest absolute Gasteiger partial charge is 0.217 e. The molecule has 4 atom stereocenters. The SMILES string of the molecule is CCCOc1ccc(C2OC3(CCC)OC(=N)C(C#N)(C3CC)C2(C#N)C#N)cc1. The molecule has 2 fully saturated rings. The molecule has 0 aliphatic carbocycles. The molecule has 2 heterocycles. The fraction of sp³-hybridized carbons (Fsp3) is 0.565. The highest BCUT2D eigenvalue weighted by molar-refractivity contribution is 5.89. The van der Waals surface area contributed by atoms with Crippen molar-refractivity contribution in [3.05, 3.63) is 29.8 Å². The minimum absolute atomic E-state index is 0.348. The van der Waals surface area contributed by atoms with E-state index in [1.165, 1.54) is 0 Å². The fourth-order valence-electron chi connectivity index (χ4n) is 4.93. The van der Waals surface area contributed by atoms with Crippen LogP contribution in [0.1, 0.15) is 58.1 Å². The molecule has 0 spiro atoms. The molecule has 2 bridgehead atoms. The third kappa shape index (κ3) is 2.68. The molecule has 0 saturated carbocycles. The molecule has 2 aliphatic heterocycles. The standard InChI is InChI=1S/C23H26N4O3/c1-4-11-23-18(6-3)22(15-26,20(27)30-23)21(13-24,14-25)19(29-23)16-7-9-17(10-8-16)28-12-5-2/h7-10,18-19,27H,4-6,11-12H2,1-3H3. The van der Waals surface area contributed by atoms with Crippen LogP contribution in [0, 0.1) is 56.2 Å². The summed E-state index contributed by atoms with van der Waals surface area (Å²) in [6, 6.07) is 13.4. The van der Waals surface area contributed by atoms with Crippen molar-refractivity contribution in [1.82, 2.24) is 0 Å². The van der Waals surface area contributed by atoms with Gasteiger partial charge in [-0.05, 0) is 37.0 Å². The van der Waals surface area contributed by atoms with Gasteiger partial charge in [-0.1, -0.05) is 32.9 Å². The Kier molecular flexibility index (Phi) is 5.75. The van der Waals surface area contributed by atoms with Crippen LogP contribution in [0.3, 0.4) is 0 Å². The highest BCUT2D eigenvalue weighted by Crippen LogP contribution is 2.68. The van der Waals surface area contributed by atoms with Gasteiger partial charge in [0.25, 0.3) is 0 Å². The first kappa shape index (κ1) is 21.6. The van der Waals surface area contributed by atoms with Gasteiger partial charge in [0.2, 0.25) is 17.1 Å². The van der Waals surface area contributed by atoms with Crippen LogP contribution < -0.4 is 4.74 Å². The number of fused-ring (bicyclic) bond motifs is 2. The molecule has 0 aromatic heterocycles. The Morgan fingerprint density at radius 2 is 1.70 bits per heavy atom. The largest absolute Gasteiger partial charge is 0.494 e. The summed E-state index contributed by atoms with van der Waals surface area (Å²) in [6.07, 6.45) is 1.44. The molecule has 1 aromatic rings. The fourth-order valence-corrected chi connectivity index (χ4v) is 4.93. The Morgan fingerprint density at radius 3 is 2.20 bits per heavy atom. The third-order valence-electron chi connectivity index (χ3n) is 6.21. The average Bonchev–Trinajstić information content (AvgIpc) is 2.96. The molecule has 3 rings (SSSR count). The molecule has 4 unspecified atom stereocenters. The first-order valence-electron chi connectivity index (χ1n) is 10.4. The van der Waals surface area contributed by atoms with Crippen molar-refractivity contribution < 1.29 is 14.2 Å². The van der Waals surface area contributed by atoms with Gasteiger partial charge in [0, 0.05) is 6.42 Å². The monoisotopic (exact) mass is 406 g/mol. The van der Waals surface area contributed by atoms with Crippen LogP contribution in [0.25, 0.3) is 0 Å². The Labute approximate surface area is 177 Å². The van der Waals surface area contributed by atoms with Gasteiger partial charge in [0.1, 0.15) is 11.9 Å². The molecule has 1 N–H and O–H groups in total. The van der Waals surface area contributed by atoms with E-state index in [0.29, 0.717) is 37.2 Å². The molecule has 156 valence electrons. The molecule has 0 radical (unpaired) electrons. The molecule has 2 aliphatic rings. The number of benzene rings is 1. The Hall–Kier alpha value is -3.08. The van der Waals surface area contributed by atoms with Crippen molar-refractivity contribution in [2.45, 2.75) is 58.3 Å². The van der Waals surface area contributed by atoms with Gasteiger partial charge in [-0.15, -0.1) is 0 Å². The van der Waals surface area contributed by atoms with E-state index in [2.05, 4.69) is 18.2 Å². The van der Waals surface area contributed by atoms with Crippen molar-refractivity contribution in [3.63, 3.8) is 0 Å².